The highest BCUT2D eigenvalue weighted by Crippen LogP contribution is 2.20. The van der Waals surface area contributed by atoms with Gasteiger partial charge in [-0.05, 0) is 17.7 Å². The molecule has 2 N–H and O–H groups in total. The maximum atomic E-state index is 13.6. The smallest absolute Gasteiger partial charge is 0.243 e. The van der Waals surface area contributed by atoms with E-state index in [1.165, 1.54) is 11.3 Å². The number of aliphatic hydroxyl groups is 1. The molecule has 0 atom stereocenters. The molecule has 0 aliphatic heterocycles. The Balaban J connectivity index is 2.17. The van der Waals surface area contributed by atoms with Crippen molar-refractivity contribution >= 4 is 21.4 Å². The molecule has 2 aromatic rings. The van der Waals surface area contributed by atoms with Crippen LogP contribution >= 0.6 is 11.3 Å². The number of hydrogen-bond donors (Lipinski definition) is 2. The van der Waals surface area contributed by atoms with Gasteiger partial charge in [0.15, 0.2) is 11.6 Å². The van der Waals surface area contributed by atoms with Gasteiger partial charge in [-0.2, -0.15) is 0 Å². The summed E-state index contributed by atoms with van der Waals surface area (Å²) in [7, 11) is -4.20. The van der Waals surface area contributed by atoms with Gasteiger partial charge in [-0.1, -0.05) is 0 Å². The number of aliphatic hydroxyl groups excluding tert-OH is 1. The Hall–Kier alpha value is -1.42. The van der Waals surface area contributed by atoms with Gasteiger partial charge in [-0.3, -0.25) is 0 Å². The minimum absolute atomic E-state index is 0.0104. The van der Waals surface area contributed by atoms with Gasteiger partial charge < -0.3 is 5.11 Å². The maximum absolute atomic E-state index is 13.6. The number of hydrogen-bond acceptors (Lipinski definition) is 5. The molecule has 1 aromatic heterocycles. The summed E-state index contributed by atoms with van der Waals surface area (Å²) in [6.07, 6.45) is 0.340. The topological polar surface area (TPSA) is 79.3 Å². The second-order valence-electron chi connectivity index (χ2n) is 4.18. The van der Waals surface area contributed by atoms with Crippen LogP contribution in [0.3, 0.4) is 0 Å². The van der Waals surface area contributed by atoms with E-state index in [-0.39, 0.29) is 12.1 Å². The quantitative estimate of drug-likeness (QED) is 0.838. The summed E-state index contributed by atoms with van der Waals surface area (Å²) in [5.74, 6) is -2.78. The zero-order valence-electron chi connectivity index (χ0n) is 10.7. The van der Waals surface area contributed by atoms with Crippen molar-refractivity contribution in [1.82, 2.24) is 9.71 Å². The first kappa shape index (κ1) is 16.0. The highest BCUT2D eigenvalue weighted by atomic mass is 32.2. The van der Waals surface area contributed by atoms with Crippen molar-refractivity contribution in [3.05, 3.63) is 45.9 Å². The molecule has 0 saturated heterocycles. The summed E-state index contributed by atoms with van der Waals surface area (Å²) < 4.78 is 53.1. The van der Waals surface area contributed by atoms with Crippen molar-refractivity contribution in [1.29, 1.82) is 0 Å². The number of benzene rings is 1. The standard InChI is InChI=1S/C12H12F2N2O3S2/c13-10-3-8(5-17)4-11(12(10)14)21(18,19)16-2-1-9-6-20-7-15-9/h3-4,6-7,16-17H,1-2,5H2. The summed E-state index contributed by atoms with van der Waals surface area (Å²) in [4.78, 5) is 3.17. The summed E-state index contributed by atoms with van der Waals surface area (Å²) in [5.41, 5.74) is 2.30. The van der Waals surface area contributed by atoms with E-state index < -0.39 is 33.2 Å². The minimum atomic E-state index is -4.20. The average Bonchev–Trinajstić information content (AvgIpc) is 2.94. The molecule has 0 saturated carbocycles. The summed E-state index contributed by atoms with van der Waals surface area (Å²) in [6.45, 7) is -0.574. The normalized spacial score (nSPS) is 11.8. The Morgan fingerprint density at radius 1 is 1.33 bits per heavy atom. The summed E-state index contributed by atoms with van der Waals surface area (Å²) in [5, 5.41) is 10.7. The van der Waals surface area contributed by atoms with Crippen LogP contribution in [-0.4, -0.2) is 25.1 Å². The van der Waals surface area contributed by atoms with Crippen LogP contribution in [0.4, 0.5) is 8.78 Å². The molecule has 0 fully saturated rings. The number of sulfonamides is 1. The van der Waals surface area contributed by atoms with E-state index in [4.69, 9.17) is 5.11 Å². The summed E-state index contributed by atoms with van der Waals surface area (Å²) in [6, 6.07) is 1.66. The number of nitrogens with zero attached hydrogens (tertiary/aromatic N) is 1. The lowest BCUT2D eigenvalue weighted by Gasteiger charge is -2.09. The first-order valence-electron chi connectivity index (χ1n) is 5.89. The first-order chi connectivity index (χ1) is 9.94. The third-order valence-electron chi connectivity index (χ3n) is 2.68. The average molecular weight is 334 g/mol. The zero-order valence-corrected chi connectivity index (χ0v) is 12.3. The van der Waals surface area contributed by atoms with Crippen molar-refractivity contribution in [3.8, 4) is 0 Å². The monoisotopic (exact) mass is 334 g/mol. The van der Waals surface area contributed by atoms with Crippen LogP contribution in [0.2, 0.25) is 0 Å². The number of thiazole rings is 1. The van der Waals surface area contributed by atoms with Crippen molar-refractivity contribution < 1.29 is 22.3 Å². The Bertz CT molecular complexity index is 718. The van der Waals surface area contributed by atoms with Gasteiger partial charge in [0, 0.05) is 18.3 Å². The van der Waals surface area contributed by atoms with E-state index >= 15 is 0 Å². The maximum Gasteiger partial charge on any atom is 0.243 e. The van der Waals surface area contributed by atoms with Crippen LogP contribution < -0.4 is 4.72 Å². The van der Waals surface area contributed by atoms with E-state index in [1.54, 1.807) is 10.9 Å². The fourth-order valence-electron chi connectivity index (χ4n) is 1.66. The second-order valence-corrected chi connectivity index (χ2v) is 6.63. The van der Waals surface area contributed by atoms with E-state index in [2.05, 4.69) is 9.71 Å². The van der Waals surface area contributed by atoms with E-state index in [0.29, 0.717) is 12.1 Å². The highest BCUT2D eigenvalue weighted by molar-refractivity contribution is 7.89. The number of aromatic nitrogens is 1. The van der Waals surface area contributed by atoms with Gasteiger partial charge in [0.25, 0.3) is 0 Å². The third kappa shape index (κ3) is 3.82. The van der Waals surface area contributed by atoms with Crippen LogP contribution in [0, 0.1) is 11.6 Å². The molecule has 1 aromatic carbocycles. The van der Waals surface area contributed by atoms with Crippen LogP contribution in [0.1, 0.15) is 11.3 Å². The van der Waals surface area contributed by atoms with Crippen molar-refractivity contribution in [2.24, 2.45) is 0 Å². The van der Waals surface area contributed by atoms with Gasteiger partial charge in [0.05, 0.1) is 17.8 Å². The van der Waals surface area contributed by atoms with Crippen molar-refractivity contribution in [2.45, 2.75) is 17.9 Å². The number of halogens is 2. The lowest BCUT2D eigenvalue weighted by molar-refractivity contribution is 0.280. The molecule has 0 spiro atoms. The molecule has 0 unspecified atom stereocenters. The van der Waals surface area contributed by atoms with Gasteiger partial charge >= 0.3 is 0 Å². The van der Waals surface area contributed by atoms with Gasteiger partial charge in [-0.15, -0.1) is 11.3 Å². The third-order valence-corrected chi connectivity index (χ3v) is 4.78. The first-order valence-corrected chi connectivity index (χ1v) is 8.32. The molecule has 0 aliphatic rings. The Morgan fingerprint density at radius 2 is 2.10 bits per heavy atom. The van der Waals surface area contributed by atoms with Gasteiger partial charge in [0.2, 0.25) is 10.0 Å². The molecule has 0 aliphatic carbocycles. The van der Waals surface area contributed by atoms with E-state index in [9.17, 15) is 17.2 Å². The lowest BCUT2D eigenvalue weighted by Crippen LogP contribution is -2.27. The van der Waals surface area contributed by atoms with Crippen molar-refractivity contribution in [2.75, 3.05) is 6.54 Å². The van der Waals surface area contributed by atoms with Crippen LogP contribution in [0.5, 0.6) is 0 Å². The SMILES string of the molecule is O=S(=O)(NCCc1cscn1)c1cc(CO)cc(F)c1F. The molecule has 9 heteroatoms. The number of rotatable bonds is 6. The second kappa shape index (κ2) is 6.56. The van der Waals surface area contributed by atoms with Gasteiger partial charge in [-0.25, -0.2) is 26.9 Å². The molecule has 5 nitrogen and oxygen atoms in total. The van der Waals surface area contributed by atoms with Crippen LogP contribution in [0.25, 0.3) is 0 Å². The fraction of sp³-hybridized carbons (Fsp3) is 0.250. The largest absolute Gasteiger partial charge is 0.392 e. The molecule has 0 amide bonds. The fourth-order valence-corrected chi connectivity index (χ4v) is 3.42. The Morgan fingerprint density at radius 3 is 2.71 bits per heavy atom. The molecule has 0 bridgehead atoms. The molecule has 0 radical (unpaired) electrons. The zero-order chi connectivity index (χ0) is 15.5. The number of nitrogens with one attached hydrogen (secondary N) is 1. The molecule has 2 rings (SSSR count). The Labute approximate surface area is 124 Å². The minimum Gasteiger partial charge on any atom is -0.392 e. The summed E-state index contributed by atoms with van der Waals surface area (Å²) >= 11 is 1.38. The molecular formula is C12H12F2N2O3S2. The molecule has 114 valence electrons. The van der Waals surface area contributed by atoms with Crippen LogP contribution in [-0.2, 0) is 23.1 Å². The predicted octanol–water partition coefficient (Wildman–Crippen LogP) is 1.43. The van der Waals surface area contributed by atoms with Crippen molar-refractivity contribution in [3.63, 3.8) is 0 Å². The van der Waals surface area contributed by atoms with Gasteiger partial charge in [0.1, 0.15) is 4.90 Å². The molecular weight excluding hydrogens is 322 g/mol. The van der Waals surface area contributed by atoms with E-state index in [0.717, 1.165) is 12.1 Å². The molecule has 1 heterocycles. The predicted molar refractivity (Wildman–Crippen MR) is 73.3 cm³/mol. The Kier molecular flexibility index (Phi) is 4.99. The van der Waals surface area contributed by atoms with Crippen LogP contribution in [0.15, 0.2) is 27.9 Å². The molecule has 21 heavy (non-hydrogen) atoms. The lowest BCUT2D eigenvalue weighted by atomic mass is 10.2. The highest BCUT2D eigenvalue weighted by Gasteiger charge is 2.22. The van der Waals surface area contributed by atoms with E-state index in [1.807, 2.05) is 0 Å².